The van der Waals surface area contributed by atoms with Crippen LogP contribution < -0.4 is 4.90 Å². The molecule has 1 aliphatic heterocycles. The molecule has 0 saturated carbocycles. The van der Waals surface area contributed by atoms with E-state index in [4.69, 9.17) is 5.11 Å². The molecule has 2 unspecified atom stereocenters. The van der Waals surface area contributed by atoms with Gasteiger partial charge in [-0.3, -0.25) is 9.59 Å². The van der Waals surface area contributed by atoms with E-state index in [0.29, 0.717) is 5.56 Å². The van der Waals surface area contributed by atoms with Gasteiger partial charge >= 0.3 is 0 Å². The first kappa shape index (κ1) is 14.2. The molecule has 4 nitrogen and oxygen atoms in total. The fourth-order valence-electron chi connectivity index (χ4n) is 2.09. The summed E-state index contributed by atoms with van der Waals surface area (Å²) in [6, 6.07) is 4.01. The third kappa shape index (κ3) is 2.30. The SMILES string of the molecule is CC1C(=O)N(c2ccc(C#CCO)cc2F)C(=O)C1C. The highest BCUT2D eigenvalue weighted by atomic mass is 19.1. The predicted octanol–water partition coefficient (Wildman–Crippen LogP) is 1.31. The van der Waals surface area contributed by atoms with E-state index < -0.39 is 29.5 Å². The van der Waals surface area contributed by atoms with Gasteiger partial charge in [0.2, 0.25) is 11.8 Å². The summed E-state index contributed by atoms with van der Waals surface area (Å²) in [4.78, 5) is 24.9. The van der Waals surface area contributed by atoms with Gasteiger partial charge in [-0.1, -0.05) is 25.7 Å². The number of carbonyl (C=O) groups is 2. The molecule has 0 aromatic heterocycles. The van der Waals surface area contributed by atoms with Crippen molar-refractivity contribution in [3.63, 3.8) is 0 Å². The predicted molar refractivity (Wildman–Crippen MR) is 71.2 cm³/mol. The van der Waals surface area contributed by atoms with Gasteiger partial charge in [0.15, 0.2) is 0 Å². The second kappa shape index (κ2) is 5.43. The lowest BCUT2D eigenvalue weighted by Crippen LogP contribution is -2.31. The Labute approximate surface area is 116 Å². The smallest absolute Gasteiger partial charge is 0.237 e. The number of rotatable bonds is 1. The van der Waals surface area contributed by atoms with Gasteiger partial charge in [-0.25, -0.2) is 9.29 Å². The van der Waals surface area contributed by atoms with Crippen LogP contribution in [0, 0.1) is 29.5 Å². The van der Waals surface area contributed by atoms with Gasteiger partial charge in [0.1, 0.15) is 12.4 Å². The van der Waals surface area contributed by atoms with Gasteiger partial charge in [0.05, 0.1) is 5.69 Å². The summed E-state index contributed by atoms with van der Waals surface area (Å²) >= 11 is 0. The van der Waals surface area contributed by atoms with Crippen LogP contribution in [0.15, 0.2) is 18.2 Å². The summed E-state index contributed by atoms with van der Waals surface area (Å²) in [7, 11) is 0. The average Bonchev–Trinajstić information content (AvgIpc) is 2.62. The van der Waals surface area contributed by atoms with E-state index in [9.17, 15) is 14.0 Å². The van der Waals surface area contributed by atoms with E-state index >= 15 is 0 Å². The highest BCUT2D eigenvalue weighted by Gasteiger charge is 2.43. The lowest BCUT2D eigenvalue weighted by molar-refractivity contribution is -0.122. The number of hydrogen-bond donors (Lipinski definition) is 1. The minimum atomic E-state index is -0.683. The van der Waals surface area contributed by atoms with Crippen molar-refractivity contribution in [2.75, 3.05) is 11.5 Å². The van der Waals surface area contributed by atoms with Gasteiger partial charge in [-0.2, -0.15) is 0 Å². The minimum Gasteiger partial charge on any atom is -0.384 e. The maximum absolute atomic E-state index is 14.1. The summed E-state index contributed by atoms with van der Waals surface area (Å²) in [6.07, 6.45) is 0. The number of amides is 2. The molecule has 0 bridgehead atoms. The van der Waals surface area contributed by atoms with Crippen LogP contribution in [0.4, 0.5) is 10.1 Å². The normalized spacial score (nSPS) is 21.9. The summed E-state index contributed by atoms with van der Waals surface area (Å²) in [5.74, 6) is 2.60. The Balaban J connectivity index is 2.39. The molecule has 1 aliphatic rings. The number of halogens is 1. The van der Waals surface area contributed by atoms with Crippen LogP contribution in [-0.4, -0.2) is 23.5 Å². The van der Waals surface area contributed by atoms with E-state index in [0.717, 1.165) is 11.0 Å². The second-order valence-corrected chi connectivity index (χ2v) is 4.72. The van der Waals surface area contributed by atoms with Crippen LogP contribution in [0.3, 0.4) is 0 Å². The first-order chi connectivity index (χ1) is 9.47. The highest BCUT2D eigenvalue weighted by molar-refractivity contribution is 6.21. The number of imide groups is 1. The standard InChI is InChI=1S/C15H14FNO3/c1-9-10(2)15(20)17(14(9)19)13-6-5-11(4-3-7-18)8-12(13)16/h5-6,8-10,18H,7H2,1-2H3. The molecular formula is C15H14FNO3. The Morgan fingerprint density at radius 1 is 1.25 bits per heavy atom. The van der Waals surface area contributed by atoms with Crippen molar-refractivity contribution in [1.29, 1.82) is 0 Å². The molecule has 2 rings (SSSR count). The lowest BCUT2D eigenvalue weighted by atomic mass is 10.00. The fourth-order valence-corrected chi connectivity index (χ4v) is 2.09. The monoisotopic (exact) mass is 275 g/mol. The maximum atomic E-state index is 14.1. The number of anilines is 1. The summed E-state index contributed by atoms with van der Waals surface area (Å²) < 4.78 is 14.1. The highest BCUT2D eigenvalue weighted by Crippen LogP contribution is 2.32. The Bertz CT molecular complexity index is 610. The van der Waals surface area contributed by atoms with Crippen molar-refractivity contribution in [3.05, 3.63) is 29.6 Å². The molecule has 1 N–H and O–H groups in total. The van der Waals surface area contributed by atoms with Gasteiger partial charge in [-0.05, 0) is 18.2 Å². The van der Waals surface area contributed by atoms with Crippen molar-refractivity contribution < 1.29 is 19.1 Å². The van der Waals surface area contributed by atoms with Gasteiger partial charge < -0.3 is 5.11 Å². The van der Waals surface area contributed by atoms with Crippen LogP contribution >= 0.6 is 0 Å². The molecule has 2 amide bonds. The van der Waals surface area contributed by atoms with Crippen LogP contribution in [-0.2, 0) is 9.59 Å². The van der Waals surface area contributed by atoms with Crippen LogP contribution in [0.2, 0.25) is 0 Å². The molecule has 1 fully saturated rings. The molecule has 104 valence electrons. The summed E-state index contributed by atoms with van der Waals surface area (Å²) in [5, 5.41) is 8.59. The van der Waals surface area contributed by atoms with E-state index in [-0.39, 0.29) is 12.3 Å². The number of aliphatic hydroxyl groups is 1. The molecule has 1 saturated heterocycles. The van der Waals surface area contributed by atoms with Crippen molar-refractivity contribution in [2.24, 2.45) is 11.8 Å². The van der Waals surface area contributed by atoms with Crippen molar-refractivity contribution in [3.8, 4) is 11.8 Å². The Kier molecular flexibility index (Phi) is 3.86. The molecule has 1 heterocycles. The molecule has 1 aromatic rings. The zero-order valence-corrected chi connectivity index (χ0v) is 11.2. The van der Waals surface area contributed by atoms with E-state index in [1.165, 1.54) is 12.1 Å². The largest absolute Gasteiger partial charge is 0.384 e. The molecule has 0 aliphatic carbocycles. The number of aliphatic hydroxyl groups excluding tert-OH is 1. The molecule has 5 heteroatoms. The number of carbonyl (C=O) groups excluding carboxylic acids is 2. The molecule has 0 radical (unpaired) electrons. The van der Waals surface area contributed by atoms with E-state index in [1.807, 2.05) is 0 Å². The minimum absolute atomic E-state index is 0.0502. The Morgan fingerprint density at radius 2 is 1.85 bits per heavy atom. The van der Waals surface area contributed by atoms with Crippen LogP contribution in [0.1, 0.15) is 19.4 Å². The topological polar surface area (TPSA) is 57.6 Å². The third-order valence-corrected chi connectivity index (χ3v) is 3.47. The molecule has 0 spiro atoms. The molecule has 20 heavy (non-hydrogen) atoms. The van der Waals surface area contributed by atoms with Crippen molar-refractivity contribution in [2.45, 2.75) is 13.8 Å². The fraction of sp³-hybridized carbons (Fsp3) is 0.333. The number of nitrogens with zero attached hydrogens (tertiary/aromatic N) is 1. The zero-order valence-electron chi connectivity index (χ0n) is 11.2. The zero-order chi connectivity index (χ0) is 14.9. The van der Waals surface area contributed by atoms with Crippen LogP contribution in [0.25, 0.3) is 0 Å². The summed E-state index contributed by atoms with van der Waals surface area (Å²) in [6.45, 7) is 3.00. The van der Waals surface area contributed by atoms with Gasteiger partial charge in [0.25, 0.3) is 0 Å². The van der Waals surface area contributed by atoms with Gasteiger partial charge in [0, 0.05) is 17.4 Å². The Hall–Kier alpha value is -2.19. The first-order valence-electron chi connectivity index (χ1n) is 6.24. The van der Waals surface area contributed by atoms with Gasteiger partial charge in [-0.15, -0.1) is 0 Å². The third-order valence-electron chi connectivity index (χ3n) is 3.47. The van der Waals surface area contributed by atoms with Crippen molar-refractivity contribution >= 4 is 17.5 Å². The maximum Gasteiger partial charge on any atom is 0.237 e. The van der Waals surface area contributed by atoms with Crippen molar-refractivity contribution in [1.82, 2.24) is 0 Å². The Morgan fingerprint density at radius 3 is 2.35 bits per heavy atom. The second-order valence-electron chi connectivity index (χ2n) is 4.72. The quantitative estimate of drug-likeness (QED) is 0.621. The number of hydrogen-bond acceptors (Lipinski definition) is 3. The average molecular weight is 275 g/mol. The molecular weight excluding hydrogens is 261 g/mol. The summed E-state index contributed by atoms with van der Waals surface area (Å²) in [5.41, 5.74) is 0.325. The van der Waals surface area contributed by atoms with E-state index in [2.05, 4.69) is 11.8 Å². The first-order valence-corrected chi connectivity index (χ1v) is 6.24. The number of benzene rings is 1. The van der Waals surface area contributed by atoms with E-state index in [1.54, 1.807) is 13.8 Å². The molecule has 2 atom stereocenters. The molecule has 1 aromatic carbocycles. The lowest BCUT2D eigenvalue weighted by Gasteiger charge is -2.15. The van der Waals surface area contributed by atoms with Crippen LogP contribution in [0.5, 0.6) is 0 Å².